The average Bonchev–Trinajstić information content (AvgIpc) is 2.44. The van der Waals surface area contributed by atoms with Gasteiger partial charge in [0.05, 0.1) is 0 Å². The molecule has 0 N–H and O–H groups in total. The van der Waals surface area contributed by atoms with Gasteiger partial charge in [-0.15, -0.1) is 0 Å². The SMILES string of the molecule is CCc1cccc(O[PH2]=O)c1Cc1c(C)cc(C)cc1C. The number of benzene rings is 2. The van der Waals surface area contributed by atoms with E-state index in [0.717, 1.165) is 18.6 Å². The number of aryl methyl sites for hydroxylation is 4. The van der Waals surface area contributed by atoms with Gasteiger partial charge in [-0.1, -0.05) is 36.8 Å². The standard InChI is InChI=1S/C18H23O2P/c1-5-15-7-6-8-18(20-21-19)17(15)11-16-13(3)9-12(2)10-14(16)4/h6-10H,5,11,21H2,1-4H3. The van der Waals surface area contributed by atoms with E-state index in [1.807, 2.05) is 12.1 Å². The van der Waals surface area contributed by atoms with Crippen LogP contribution in [0.2, 0.25) is 0 Å². The van der Waals surface area contributed by atoms with Crippen molar-refractivity contribution in [2.75, 3.05) is 0 Å². The summed E-state index contributed by atoms with van der Waals surface area (Å²) in [6.45, 7) is 8.58. The molecule has 2 rings (SSSR count). The van der Waals surface area contributed by atoms with Crippen molar-refractivity contribution in [3.05, 3.63) is 63.7 Å². The topological polar surface area (TPSA) is 26.3 Å². The summed E-state index contributed by atoms with van der Waals surface area (Å²) in [7, 11) is -1.23. The fourth-order valence-electron chi connectivity index (χ4n) is 2.97. The summed E-state index contributed by atoms with van der Waals surface area (Å²) >= 11 is 0. The van der Waals surface area contributed by atoms with Crippen LogP contribution < -0.4 is 4.52 Å². The first-order valence-electron chi connectivity index (χ1n) is 7.34. The van der Waals surface area contributed by atoms with Gasteiger partial charge < -0.3 is 4.52 Å². The van der Waals surface area contributed by atoms with E-state index in [1.54, 1.807) is 0 Å². The van der Waals surface area contributed by atoms with Gasteiger partial charge in [0.2, 0.25) is 8.69 Å². The van der Waals surface area contributed by atoms with Gasteiger partial charge in [-0.25, -0.2) is 0 Å². The molecule has 2 nitrogen and oxygen atoms in total. The molecule has 3 heteroatoms. The highest BCUT2D eigenvalue weighted by Crippen LogP contribution is 2.30. The van der Waals surface area contributed by atoms with Crippen molar-refractivity contribution in [2.45, 2.75) is 40.5 Å². The molecule has 0 bridgehead atoms. The summed E-state index contributed by atoms with van der Waals surface area (Å²) in [5, 5.41) is 0. The van der Waals surface area contributed by atoms with Crippen molar-refractivity contribution in [3.8, 4) is 5.75 Å². The molecule has 2 aromatic rings. The average molecular weight is 302 g/mol. The first kappa shape index (κ1) is 15.9. The zero-order valence-corrected chi connectivity index (χ0v) is 14.3. The Balaban J connectivity index is 2.50. The second-order valence-corrected chi connectivity index (χ2v) is 5.94. The molecule has 0 spiro atoms. The lowest BCUT2D eigenvalue weighted by atomic mass is 9.91. The minimum absolute atomic E-state index is 0.763. The van der Waals surface area contributed by atoms with Crippen LogP contribution in [0, 0.1) is 20.8 Å². The monoisotopic (exact) mass is 302 g/mol. The Labute approximate surface area is 128 Å². The van der Waals surface area contributed by atoms with Gasteiger partial charge in [0, 0.05) is 12.0 Å². The van der Waals surface area contributed by atoms with Gasteiger partial charge in [0.1, 0.15) is 5.75 Å². The van der Waals surface area contributed by atoms with Crippen LogP contribution in [0.15, 0.2) is 30.3 Å². The first-order valence-corrected chi connectivity index (χ1v) is 8.28. The van der Waals surface area contributed by atoms with E-state index in [-0.39, 0.29) is 0 Å². The van der Waals surface area contributed by atoms with Crippen LogP contribution in [0.5, 0.6) is 5.75 Å². The Bertz CT molecular complexity index is 639. The fourth-order valence-corrected chi connectivity index (χ4v) is 3.30. The van der Waals surface area contributed by atoms with Gasteiger partial charge in [-0.3, -0.25) is 4.57 Å². The van der Waals surface area contributed by atoms with E-state index in [2.05, 4.69) is 45.9 Å². The van der Waals surface area contributed by atoms with Gasteiger partial charge in [-0.2, -0.15) is 0 Å². The highest BCUT2D eigenvalue weighted by molar-refractivity contribution is 7.17. The molecule has 0 aromatic heterocycles. The number of hydrogen-bond acceptors (Lipinski definition) is 2. The maximum atomic E-state index is 10.9. The third kappa shape index (κ3) is 3.57. The van der Waals surface area contributed by atoms with E-state index in [4.69, 9.17) is 4.52 Å². The fraction of sp³-hybridized carbons (Fsp3) is 0.333. The van der Waals surface area contributed by atoms with Crippen LogP contribution >= 0.6 is 8.69 Å². The van der Waals surface area contributed by atoms with Gasteiger partial charge in [0.25, 0.3) is 0 Å². The molecular weight excluding hydrogens is 279 g/mol. The summed E-state index contributed by atoms with van der Waals surface area (Å²) < 4.78 is 16.3. The number of rotatable bonds is 5. The molecule has 0 heterocycles. The largest absolute Gasteiger partial charge is 0.447 e. The van der Waals surface area contributed by atoms with Crippen molar-refractivity contribution < 1.29 is 9.09 Å². The number of hydrogen-bond donors (Lipinski definition) is 0. The Hall–Kier alpha value is -1.53. The van der Waals surface area contributed by atoms with Crippen molar-refractivity contribution in [1.29, 1.82) is 0 Å². The molecular formula is C18H23O2P. The minimum atomic E-state index is -1.23. The minimum Gasteiger partial charge on any atom is -0.447 e. The van der Waals surface area contributed by atoms with Crippen LogP contribution in [-0.4, -0.2) is 0 Å². The molecule has 0 fully saturated rings. The summed E-state index contributed by atoms with van der Waals surface area (Å²) in [6, 6.07) is 10.5. The molecule has 112 valence electrons. The van der Waals surface area contributed by atoms with E-state index < -0.39 is 8.69 Å². The summed E-state index contributed by atoms with van der Waals surface area (Å²) in [6.07, 6.45) is 1.78. The lowest BCUT2D eigenvalue weighted by Crippen LogP contribution is -2.01. The van der Waals surface area contributed by atoms with Crippen molar-refractivity contribution >= 4 is 8.69 Å². The predicted molar refractivity (Wildman–Crippen MR) is 90.3 cm³/mol. The van der Waals surface area contributed by atoms with E-state index in [0.29, 0.717) is 0 Å². The zero-order valence-electron chi connectivity index (χ0n) is 13.2. The first-order chi connectivity index (χ1) is 10.1. The Kier molecular flexibility index (Phi) is 5.25. The van der Waals surface area contributed by atoms with Crippen LogP contribution in [0.1, 0.15) is 40.3 Å². The van der Waals surface area contributed by atoms with Crippen molar-refractivity contribution in [1.82, 2.24) is 0 Å². The second-order valence-electron chi connectivity index (χ2n) is 5.52. The lowest BCUT2D eigenvalue weighted by molar-refractivity contribution is 0.522. The molecule has 0 saturated heterocycles. The maximum absolute atomic E-state index is 10.9. The second kappa shape index (κ2) is 6.95. The molecule has 1 unspecified atom stereocenters. The molecule has 0 amide bonds. The summed E-state index contributed by atoms with van der Waals surface area (Å²) in [5.74, 6) is 0.763. The van der Waals surface area contributed by atoms with Crippen molar-refractivity contribution in [3.63, 3.8) is 0 Å². The van der Waals surface area contributed by atoms with Gasteiger partial charge in [0.15, 0.2) is 0 Å². The van der Waals surface area contributed by atoms with Crippen LogP contribution in [0.25, 0.3) is 0 Å². The maximum Gasteiger partial charge on any atom is 0.225 e. The van der Waals surface area contributed by atoms with E-state index in [9.17, 15) is 4.57 Å². The normalized spacial score (nSPS) is 11.2. The zero-order chi connectivity index (χ0) is 15.4. The molecule has 0 aliphatic rings. The van der Waals surface area contributed by atoms with Crippen LogP contribution in [-0.2, 0) is 17.4 Å². The highest BCUT2D eigenvalue weighted by atomic mass is 31.1. The van der Waals surface area contributed by atoms with Crippen LogP contribution in [0.4, 0.5) is 0 Å². The van der Waals surface area contributed by atoms with E-state index >= 15 is 0 Å². The lowest BCUT2D eigenvalue weighted by Gasteiger charge is -2.16. The Morgan fingerprint density at radius 1 is 1.05 bits per heavy atom. The molecule has 0 radical (unpaired) electrons. The van der Waals surface area contributed by atoms with Crippen molar-refractivity contribution in [2.24, 2.45) is 0 Å². The molecule has 0 aliphatic carbocycles. The summed E-state index contributed by atoms with van der Waals surface area (Å²) in [5.41, 5.74) is 7.67. The smallest absolute Gasteiger partial charge is 0.225 e. The third-order valence-corrected chi connectivity index (χ3v) is 4.33. The Morgan fingerprint density at radius 2 is 1.71 bits per heavy atom. The van der Waals surface area contributed by atoms with Gasteiger partial charge in [-0.05, 0) is 55.5 Å². The predicted octanol–water partition coefficient (Wildman–Crippen LogP) is 4.82. The quantitative estimate of drug-likeness (QED) is 0.740. The highest BCUT2D eigenvalue weighted by Gasteiger charge is 2.12. The Morgan fingerprint density at radius 3 is 2.29 bits per heavy atom. The molecule has 2 aromatic carbocycles. The molecule has 1 atom stereocenters. The molecule has 0 saturated carbocycles. The van der Waals surface area contributed by atoms with Gasteiger partial charge >= 0.3 is 0 Å². The summed E-state index contributed by atoms with van der Waals surface area (Å²) in [4.78, 5) is 0. The van der Waals surface area contributed by atoms with E-state index in [1.165, 1.54) is 33.4 Å². The third-order valence-electron chi connectivity index (χ3n) is 3.98. The van der Waals surface area contributed by atoms with Crippen LogP contribution in [0.3, 0.4) is 0 Å². The molecule has 21 heavy (non-hydrogen) atoms. The molecule has 0 aliphatic heterocycles.